The molecule has 1 aliphatic rings. The van der Waals surface area contributed by atoms with Crippen LogP contribution in [0.15, 0.2) is 47.4 Å². The van der Waals surface area contributed by atoms with Crippen molar-refractivity contribution in [3.05, 3.63) is 53.6 Å². The summed E-state index contributed by atoms with van der Waals surface area (Å²) in [6.45, 7) is 2.84. The van der Waals surface area contributed by atoms with E-state index in [0.717, 1.165) is 30.7 Å². The van der Waals surface area contributed by atoms with Crippen molar-refractivity contribution in [2.45, 2.75) is 37.1 Å². The predicted molar refractivity (Wildman–Crippen MR) is 114 cm³/mol. The van der Waals surface area contributed by atoms with E-state index < -0.39 is 0 Å². The summed E-state index contributed by atoms with van der Waals surface area (Å²) in [6.07, 6.45) is 5.15. The monoisotopic (exact) mass is 398 g/mol. The lowest BCUT2D eigenvalue weighted by molar-refractivity contribution is 0.0636. The van der Waals surface area contributed by atoms with Gasteiger partial charge in [0.1, 0.15) is 5.75 Å². The molecule has 0 aromatic heterocycles. The normalized spacial score (nSPS) is 16.5. The zero-order valence-corrected chi connectivity index (χ0v) is 17.3. The Balaban J connectivity index is 1.85. The van der Waals surface area contributed by atoms with Gasteiger partial charge in [0.15, 0.2) is 0 Å². The number of para-hydroxylation sites is 1. The Labute approximate surface area is 170 Å². The van der Waals surface area contributed by atoms with Gasteiger partial charge in [0.25, 0.3) is 11.8 Å². The summed E-state index contributed by atoms with van der Waals surface area (Å²) < 4.78 is 5.38. The molecule has 1 N–H and O–H groups in total. The van der Waals surface area contributed by atoms with Gasteiger partial charge in [0, 0.05) is 17.5 Å². The van der Waals surface area contributed by atoms with Crippen molar-refractivity contribution in [3.8, 4) is 5.75 Å². The van der Waals surface area contributed by atoms with E-state index in [1.54, 1.807) is 37.1 Å². The number of piperidine rings is 1. The lowest BCUT2D eigenvalue weighted by atomic mass is 10.0. The van der Waals surface area contributed by atoms with Crippen LogP contribution in [0.1, 0.15) is 46.9 Å². The van der Waals surface area contributed by atoms with E-state index in [2.05, 4.69) is 12.2 Å². The molecule has 1 atom stereocenters. The number of nitrogens with zero attached hydrogens (tertiary/aromatic N) is 1. The highest BCUT2D eigenvalue weighted by Gasteiger charge is 2.26. The number of methoxy groups -OCH3 is 1. The number of likely N-dealkylation sites (tertiary alicyclic amines) is 1. The minimum absolute atomic E-state index is 0.0344. The second-order valence-corrected chi connectivity index (χ2v) is 7.79. The first-order valence-corrected chi connectivity index (χ1v) is 10.7. The number of thioether (sulfide) groups is 1. The topological polar surface area (TPSA) is 58.6 Å². The number of nitrogens with one attached hydrogen (secondary N) is 1. The predicted octanol–water partition coefficient (Wildman–Crippen LogP) is 4.68. The molecular weight excluding hydrogens is 372 g/mol. The van der Waals surface area contributed by atoms with Gasteiger partial charge < -0.3 is 15.0 Å². The Morgan fingerprint density at radius 2 is 1.93 bits per heavy atom. The third kappa shape index (κ3) is 4.33. The van der Waals surface area contributed by atoms with E-state index in [9.17, 15) is 9.59 Å². The summed E-state index contributed by atoms with van der Waals surface area (Å²) >= 11 is 1.58. The molecule has 0 aliphatic carbocycles. The van der Waals surface area contributed by atoms with Crippen molar-refractivity contribution in [3.63, 3.8) is 0 Å². The molecule has 5 nitrogen and oxygen atoms in total. The van der Waals surface area contributed by atoms with E-state index in [-0.39, 0.29) is 17.9 Å². The van der Waals surface area contributed by atoms with Crippen LogP contribution >= 0.6 is 11.8 Å². The molecule has 2 amide bonds. The molecule has 1 saturated heterocycles. The molecular formula is C22H26N2O3S. The second kappa shape index (κ2) is 9.15. The van der Waals surface area contributed by atoms with Gasteiger partial charge in [-0.1, -0.05) is 12.1 Å². The largest absolute Gasteiger partial charge is 0.496 e. The first-order chi connectivity index (χ1) is 13.5. The van der Waals surface area contributed by atoms with E-state index >= 15 is 0 Å². The number of ether oxygens (including phenoxy) is 1. The summed E-state index contributed by atoms with van der Waals surface area (Å²) in [5.74, 6) is 0.182. The molecule has 2 aromatic carbocycles. The first-order valence-electron chi connectivity index (χ1n) is 9.48. The Morgan fingerprint density at radius 1 is 1.14 bits per heavy atom. The van der Waals surface area contributed by atoms with Gasteiger partial charge in [-0.25, -0.2) is 0 Å². The highest BCUT2D eigenvalue weighted by molar-refractivity contribution is 7.98. The van der Waals surface area contributed by atoms with Gasteiger partial charge in [-0.05, 0) is 62.8 Å². The molecule has 2 aromatic rings. The average molecular weight is 399 g/mol. The van der Waals surface area contributed by atoms with Gasteiger partial charge in [-0.2, -0.15) is 0 Å². The highest BCUT2D eigenvalue weighted by Crippen LogP contribution is 2.28. The smallest absolute Gasteiger partial charge is 0.259 e. The first kappa shape index (κ1) is 20.3. The molecule has 0 unspecified atom stereocenters. The summed E-state index contributed by atoms with van der Waals surface area (Å²) in [4.78, 5) is 28.9. The van der Waals surface area contributed by atoms with Crippen LogP contribution in [-0.2, 0) is 0 Å². The molecule has 28 heavy (non-hydrogen) atoms. The molecule has 0 saturated carbocycles. The lowest BCUT2D eigenvalue weighted by Crippen LogP contribution is -2.42. The number of hydrogen-bond donors (Lipinski definition) is 1. The molecule has 148 valence electrons. The van der Waals surface area contributed by atoms with Crippen molar-refractivity contribution in [1.82, 2.24) is 4.90 Å². The number of anilines is 1. The van der Waals surface area contributed by atoms with Crippen LogP contribution < -0.4 is 10.1 Å². The van der Waals surface area contributed by atoms with Gasteiger partial charge in [0.2, 0.25) is 0 Å². The van der Waals surface area contributed by atoms with Crippen LogP contribution in [0.25, 0.3) is 0 Å². The van der Waals surface area contributed by atoms with Crippen LogP contribution in [0.4, 0.5) is 5.69 Å². The summed E-state index contributed by atoms with van der Waals surface area (Å²) in [5.41, 5.74) is 1.48. The highest BCUT2D eigenvalue weighted by atomic mass is 32.2. The van der Waals surface area contributed by atoms with Crippen LogP contribution in [0.5, 0.6) is 5.75 Å². The van der Waals surface area contributed by atoms with E-state index in [4.69, 9.17) is 4.74 Å². The molecule has 1 aliphatic heterocycles. The van der Waals surface area contributed by atoms with Crippen molar-refractivity contribution in [1.29, 1.82) is 0 Å². The zero-order chi connectivity index (χ0) is 20.1. The zero-order valence-electron chi connectivity index (χ0n) is 16.5. The van der Waals surface area contributed by atoms with Gasteiger partial charge in [-0.3, -0.25) is 9.59 Å². The molecule has 6 heteroatoms. The van der Waals surface area contributed by atoms with Gasteiger partial charge >= 0.3 is 0 Å². The van der Waals surface area contributed by atoms with Gasteiger partial charge in [0.05, 0.1) is 23.9 Å². The Morgan fingerprint density at radius 3 is 2.64 bits per heavy atom. The molecule has 1 heterocycles. The number of amides is 2. The molecule has 0 bridgehead atoms. The maximum absolute atomic E-state index is 13.1. The Kier molecular flexibility index (Phi) is 6.62. The van der Waals surface area contributed by atoms with Gasteiger partial charge in [-0.15, -0.1) is 11.8 Å². The Bertz CT molecular complexity index is 869. The molecule has 1 fully saturated rings. The molecule has 3 rings (SSSR count). The minimum Gasteiger partial charge on any atom is -0.496 e. The molecule has 0 spiro atoms. The quantitative estimate of drug-likeness (QED) is 0.743. The van der Waals surface area contributed by atoms with Crippen molar-refractivity contribution in [2.24, 2.45) is 0 Å². The number of benzene rings is 2. The fourth-order valence-corrected chi connectivity index (χ4v) is 3.94. The number of carbonyl (C=O) groups is 2. The van der Waals surface area contributed by atoms with Crippen molar-refractivity contribution < 1.29 is 14.3 Å². The van der Waals surface area contributed by atoms with Crippen molar-refractivity contribution >= 4 is 29.3 Å². The summed E-state index contributed by atoms with van der Waals surface area (Å²) in [6, 6.07) is 12.9. The summed E-state index contributed by atoms with van der Waals surface area (Å²) in [7, 11) is 1.55. The van der Waals surface area contributed by atoms with Crippen LogP contribution in [0.2, 0.25) is 0 Å². The molecule has 0 radical (unpaired) electrons. The second-order valence-electron chi connectivity index (χ2n) is 6.91. The Hall–Kier alpha value is -2.47. The minimum atomic E-state index is -0.295. The third-order valence-corrected chi connectivity index (χ3v) is 5.85. The fraction of sp³-hybridized carbons (Fsp3) is 0.364. The maximum Gasteiger partial charge on any atom is 0.259 e. The van der Waals surface area contributed by atoms with E-state index in [0.29, 0.717) is 22.6 Å². The number of carbonyl (C=O) groups excluding carboxylic acids is 2. The number of hydrogen-bond acceptors (Lipinski definition) is 4. The summed E-state index contributed by atoms with van der Waals surface area (Å²) in [5, 5.41) is 2.90. The number of rotatable bonds is 5. The maximum atomic E-state index is 13.1. The van der Waals surface area contributed by atoms with Crippen LogP contribution in [0, 0.1) is 0 Å². The van der Waals surface area contributed by atoms with Crippen LogP contribution in [0.3, 0.4) is 0 Å². The lowest BCUT2D eigenvalue weighted by Gasteiger charge is -2.34. The fourth-order valence-electron chi connectivity index (χ4n) is 3.51. The SMILES string of the molecule is COc1cc(SC)ccc1C(=O)Nc1ccccc1C(=O)N1CCCC[C@H]1C. The van der Waals surface area contributed by atoms with E-state index in [1.807, 2.05) is 35.4 Å². The van der Waals surface area contributed by atoms with Crippen molar-refractivity contribution in [2.75, 3.05) is 25.2 Å². The standard InChI is InChI=1S/C22H26N2O3S/c1-15-8-6-7-13-24(15)22(26)17-9-4-5-10-19(17)23-21(25)18-12-11-16(28-3)14-20(18)27-2/h4-5,9-12,14-15H,6-8,13H2,1-3H3,(H,23,25)/t15-/m1/s1. The van der Waals surface area contributed by atoms with Crippen LogP contribution in [-0.4, -0.2) is 42.7 Å². The third-order valence-electron chi connectivity index (χ3n) is 5.12. The average Bonchev–Trinajstić information content (AvgIpc) is 2.73. The van der Waals surface area contributed by atoms with E-state index in [1.165, 1.54) is 0 Å².